The summed E-state index contributed by atoms with van der Waals surface area (Å²) >= 11 is 13.4. The van der Waals surface area contributed by atoms with Crippen LogP contribution >= 0.6 is 34.5 Å². The highest BCUT2D eigenvalue weighted by Crippen LogP contribution is 2.22. The quantitative estimate of drug-likeness (QED) is 0.682. The SMILES string of the molecule is O=C(Cc1cn2ccsc2n1)c1cc(Cl)ccc1Cl. The predicted molar refractivity (Wildman–Crippen MR) is 77.6 cm³/mol. The van der Waals surface area contributed by atoms with Crippen LogP contribution in [0.4, 0.5) is 0 Å². The van der Waals surface area contributed by atoms with Gasteiger partial charge in [-0.2, -0.15) is 0 Å². The van der Waals surface area contributed by atoms with Crippen molar-refractivity contribution in [3.8, 4) is 0 Å². The molecule has 0 saturated carbocycles. The fourth-order valence-electron chi connectivity index (χ4n) is 1.83. The Morgan fingerprint density at radius 2 is 2.21 bits per heavy atom. The van der Waals surface area contributed by atoms with Gasteiger partial charge in [-0.25, -0.2) is 4.98 Å². The monoisotopic (exact) mass is 310 g/mol. The van der Waals surface area contributed by atoms with Crippen LogP contribution in [0.3, 0.4) is 0 Å². The van der Waals surface area contributed by atoms with Crippen LogP contribution in [0.25, 0.3) is 4.96 Å². The molecule has 0 bridgehead atoms. The van der Waals surface area contributed by atoms with E-state index in [1.807, 2.05) is 22.2 Å². The van der Waals surface area contributed by atoms with Gasteiger partial charge < -0.3 is 0 Å². The van der Waals surface area contributed by atoms with Crippen molar-refractivity contribution in [3.05, 3.63) is 57.3 Å². The predicted octanol–water partition coefficient (Wildman–Crippen LogP) is 4.13. The Morgan fingerprint density at radius 3 is 3.00 bits per heavy atom. The molecular formula is C13H8Cl2N2OS. The van der Waals surface area contributed by atoms with Gasteiger partial charge in [-0.3, -0.25) is 9.20 Å². The summed E-state index contributed by atoms with van der Waals surface area (Å²) in [5, 5.41) is 2.86. The number of nitrogens with zero attached hydrogens (tertiary/aromatic N) is 2. The smallest absolute Gasteiger partial charge is 0.193 e. The summed E-state index contributed by atoms with van der Waals surface area (Å²) in [6.07, 6.45) is 3.98. The minimum absolute atomic E-state index is 0.0850. The van der Waals surface area contributed by atoms with Crippen molar-refractivity contribution in [2.45, 2.75) is 6.42 Å². The number of hydrogen-bond acceptors (Lipinski definition) is 3. The first-order valence-corrected chi connectivity index (χ1v) is 7.16. The molecule has 0 unspecified atom stereocenters. The van der Waals surface area contributed by atoms with Crippen LogP contribution < -0.4 is 0 Å². The Hall–Kier alpha value is -1.36. The third-order valence-electron chi connectivity index (χ3n) is 2.71. The second-order valence-electron chi connectivity index (χ2n) is 4.05. The molecule has 0 saturated heterocycles. The molecule has 0 aliphatic rings. The molecule has 0 spiro atoms. The Morgan fingerprint density at radius 1 is 1.37 bits per heavy atom. The summed E-state index contributed by atoms with van der Waals surface area (Å²) in [6, 6.07) is 4.88. The van der Waals surface area contributed by atoms with Crippen molar-refractivity contribution in [2.75, 3.05) is 0 Å². The largest absolute Gasteiger partial charge is 0.297 e. The summed E-state index contributed by atoms with van der Waals surface area (Å²) in [5.74, 6) is -0.0850. The summed E-state index contributed by atoms with van der Waals surface area (Å²) < 4.78 is 1.90. The molecule has 96 valence electrons. The number of aromatic nitrogens is 2. The second kappa shape index (κ2) is 4.96. The van der Waals surface area contributed by atoms with E-state index in [1.54, 1.807) is 18.2 Å². The molecule has 0 radical (unpaired) electrons. The lowest BCUT2D eigenvalue weighted by atomic mass is 10.1. The number of fused-ring (bicyclic) bond motifs is 1. The van der Waals surface area contributed by atoms with Gasteiger partial charge in [-0.1, -0.05) is 23.2 Å². The van der Waals surface area contributed by atoms with Gasteiger partial charge in [0.25, 0.3) is 0 Å². The van der Waals surface area contributed by atoms with Crippen LogP contribution in [-0.4, -0.2) is 15.2 Å². The molecule has 0 aliphatic heterocycles. The van der Waals surface area contributed by atoms with Crippen LogP contribution in [-0.2, 0) is 6.42 Å². The van der Waals surface area contributed by atoms with Crippen molar-refractivity contribution < 1.29 is 4.79 Å². The second-order valence-corrected chi connectivity index (χ2v) is 5.77. The lowest BCUT2D eigenvalue weighted by Crippen LogP contribution is -2.04. The highest BCUT2D eigenvalue weighted by molar-refractivity contribution is 7.15. The van der Waals surface area contributed by atoms with Gasteiger partial charge in [0.05, 0.1) is 17.1 Å². The maximum Gasteiger partial charge on any atom is 0.193 e. The van der Waals surface area contributed by atoms with Crippen LogP contribution in [0.15, 0.2) is 36.0 Å². The fourth-order valence-corrected chi connectivity index (χ4v) is 2.95. The number of halogens is 2. The zero-order valence-corrected chi connectivity index (χ0v) is 12.0. The van der Waals surface area contributed by atoms with Gasteiger partial charge in [0.1, 0.15) is 0 Å². The number of benzene rings is 1. The number of rotatable bonds is 3. The van der Waals surface area contributed by atoms with E-state index in [9.17, 15) is 4.79 Å². The molecule has 19 heavy (non-hydrogen) atoms. The average molecular weight is 311 g/mol. The molecule has 0 atom stereocenters. The van der Waals surface area contributed by atoms with E-state index in [0.29, 0.717) is 15.6 Å². The number of hydrogen-bond donors (Lipinski definition) is 0. The van der Waals surface area contributed by atoms with Gasteiger partial charge in [-0.05, 0) is 18.2 Å². The lowest BCUT2D eigenvalue weighted by molar-refractivity contribution is 0.0992. The van der Waals surface area contributed by atoms with Gasteiger partial charge >= 0.3 is 0 Å². The molecule has 3 rings (SSSR count). The minimum Gasteiger partial charge on any atom is -0.297 e. The van der Waals surface area contributed by atoms with Gasteiger partial charge in [0, 0.05) is 28.4 Å². The topological polar surface area (TPSA) is 34.4 Å². The first kappa shape index (κ1) is 12.7. The lowest BCUT2D eigenvalue weighted by Gasteiger charge is -2.02. The Bertz CT molecular complexity index is 734. The van der Waals surface area contributed by atoms with E-state index in [0.717, 1.165) is 10.7 Å². The molecule has 1 aromatic carbocycles. The maximum absolute atomic E-state index is 12.2. The zero-order valence-electron chi connectivity index (χ0n) is 9.64. The molecule has 0 N–H and O–H groups in total. The molecule has 3 aromatic rings. The Labute approximate surface area is 123 Å². The van der Waals surface area contributed by atoms with Crippen molar-refractivity contribution in [1.29, 1.82) is 0 Å². The van der Waals surface area contributed by atoms with Crippen LogP contribution in [0, 0.1) is 0 Å². The first-order chi connectivity index (χ1) is 9.13. The summed E-state index contributed by atoms with van der Waals surface area (Å²) in [4.78, 5) is 17.4. The maximum atomic E-state index is 12.2. The molecule has 0 aliphatic carbocycles. The van der Waals surface area contributed by atoms with Crippen molar-refractivity contribution in [2.24, 2.45) is 0 Å². The molecule has 6 heteroatoms. The third kappa shape index (κ3) is 2.52. The number of carbonyl (C=O) groups is 1. The molecule has 0 fully saturated rings. The van der Waals surface area contributed by atoms with Gasteiger partial charge in [0.15, 0.2) is 10.7 Å². The normalized spacial score (nSPS) is 11.1. The molecule has 2 heterocycles. The molecular weight excluding hydrogens is 303 g/mol. The van der Waals surface area contributed by atoms with E-state index in [2.05, 4.69) is 4.98 Å². The highest BCUT2D eigenvalue weighted by Gasteiger charge is 2.14. The van der Waals surface area contributed by atoms with Crippen molar-refractivity contribution in [1.82, 2.24) is 9.38 Å². The number of imidazole rings is 1. The summed E-state index contributed by atoms with van der Waals surface area (Å²) in [6.45, 7) is 0. The number of thiazole rings is 1. The van der Waals surface area contributed by atoms with Crippen molar-refractivity contribution >= 4 is 45.3 Å². The Balaban J connectivity index is 1.88. The fraction of sp³-hybridized carbons (Fsp3) is 0.0769. The standard InChI is InChI=1S/C13H8Cl2N2OS/c14-8-1-2-11(15)10(5-8)12(18)6-9-7-17-3-4-19-13(17)16-9/h1-5,7H,6H2. The van der Waals surface area contributed by atoms with E-state index in [1.165, 1.54) is 11.3 Å². The van der Waals surface area contributed by atoms with E-state index in [-0.39, 0.29) is 12.2 Å². The van der Waals surface area contributed by atoms with Crippen LogP contribution in [0.2, 0.25) is 10.0 Å². The molecule has 0 amide bonds. The molecule has 2 aromatic heterocycles. The first-order valence-electron chi connectivity index (χ1n) is 5.53. The zero-order chi connectivity index (χ0) is 13.4. The average Bonchev–Trinajstić information content (AvgIpc) is 2.92. The number of ketones is 1. The van der Waals surface area contributed by atoms with Gasteiger partial charge in [-0.15, -0.1) is 11.3 Å². The third-order valence-corrected chi connectivity index (χ3v) is 4.05. The van der Waals surface area contributed by atoms with Crippen LogP contribution in [0.1, 0.15) is 16.1 Å². The van der Waals surface area contributed by atoms with E-state index in [4.69, 9.17) is 23.2 Å². The number of Topliss-reactive ketones (excluding diaryl/α,β-unsaturated/α-hetero) is 1. The van der Waals surface area contributed by atoms with E-state index >= 15 is 0 Å². The van der Waals surface area contributed by atoms with E-state index < -0.39 is 0 Å². The van der Waals surface area contributed by atoms with Crippen LogP contribution in [0.5, 0.6) is 0 Å². The summed E-state index contributed by atoms with van der Waals surface area (Å²) in [5.41, 5.74) is 1.17. The van der Waals surface area contributed by atoms with Crippen molar-refractivity contribution in [3.63, 3.8) is 0 Å². The minimum atomic E-state index is -0.0850. The number of carbonyl (C=O) groups excluding carboxylic acids is 1. The highest BCUT2D eigenvalue weighted by atomic mass is 35.5. The van der Waals surface area contributed by atoms with Gasteiger partial charge in [0.2, 0.25) is 0 Å². The molecule has 3 nitrogen and oxygen atoms in total. The Kier molecular flexibility index (Phi) is 3.31. The summed E-state index contributed by atoms with van der Waals surface area (Å²) in [7, 11) is 0.